The smallest absolute Gasteiger partial charge is 0.0220 e. The summed E-state index contributed by atoms with van der Waals surface area (Å²) in [5, 5.41) is 3.53. The fourth-order valence-corrected chi connectivity index (χ4v) is 2.26. The van der Waals surface area contributed by atoms with Gasteiger partial charge >= 0.3 is 0 Å². The Morgan fingerprint density at radius 3 is 3.20 bits per heavy atom. The van der Waals surface area contributed by atoms with Crippen molar-refractivity contribution in [2.24, 2.45) is 5.92 Å². The van der Waals surface area contributed by atoms with Crippen molar-refractivity contribution >= 4 is 0 Å². The molecule has 0 amide bonds. The molecular formula is C12H21N3. The van der Waals surface area contributed by atoms with Crippen LogP contribution in [-0.2, 0) is 6.54 Å². The van der Waals surface area contributed by atoms with E-state index in [1.54, 1.807) is 0 Å². The predicted octanol–water partition coefficient (Wildman–Crippen LogP) is 1.45. The maximum atomic E-state index is 3.53. The number of nitrogens with zero attached hydrogens (tertiary/aromatic N) is 1. The lowest BCUT2D eigenvalue weighted by Gasteiger charge is -2.13. The van der Waals surface area contributed by atoms with Crippen LogP contribution in [0.3, 0.4) is 0 Å². The number of hydrogen-bond donors (Lipinski definition) is 2. The summed E-state index contributed by atoms with van der Waals surface area (Å²) >= 11 is 0. The average molecular weight is 207 g/mol. The molecule has 0 aromatic carbocycles. The molecule has 1 fully saturated rings. The lowest BCUT2D eigenvalue weighted by Crippen LogP contribution is -2.26. The Bertz CT molecular complexity index is 268. The number of aromatic amines is 1. The number of rotatable bonds is 5. The van der Waals surface area contributed by atoms with E-state index in [1.165, 1.54) is 31.6 Å². The number of aromatic nitrogens is 1. The van der Waals surface area contributed by atoms with Crippen molar-refractivity contribution < 1.29 is 0 Å². The zero-order valence-electron chi connectivity index (χ0n) is 9.50. The largest absolute Gasteiger partial charge is 0.367 e. The molecule has 3 nitrogen and oxygen atoms in total. The van der Waals surface area contributed by atoms with Gasteiger partial charge in [0.15, 0.2) is 0 Å². The summed E-state index contributed by atoms with van der Waals surface area (Å²) in [6, 6.07) is 2.12. The molecule has 84 valence electrons. The summed E-state index contributed by atoms with van der Waals surface area (Å²) in [6.07, 6.45) is 5.39. The van der Waals surface area contributed by atoms with E-state index in [-0.39, 0.29) is 0 Å². The molecular weight excluding hydrogens is 186 g/mol. The van der Waals surface area contributed by atoms with Gasteiger partial charge < -0.3 is 15.2 Å². The number of H-pyrrole nitrogens is 1. The molecule has 3 heteroatoms. The van der Waals surface area contributed by atoms with Gasteiger partial charge in [-0.2, -0.15) is 0 Å². The van der Waals surface area contributed by atoms with Crippen molar-refractivity contribution in [2.45, 2.75) is 19.9 Å². The summed E-state index contributed by atoms with van der Waals surface area (Å²) in [6.45, 7) is 8.15. The molecule has 1 aromatic rings. The van der Waals surface area contributed by atoms with E-state index >= 15 is 0 Å². The van der Waals surface area contributed by atoms with Gasteiger partial charge in [-0.3, -0.25) is 0 Å². The summed E-state index contributed by atoms with van der Waals surface area (Å²) in [4.78, 5) is 5.61. The van der Waals surface area contributed by atoms with Gasteiger partial charge in [0.25, 0.3) is 0 Å². The number of nitrogens with one attached hydrogen (secondary N) is 2. The van der Waals surface area contributed by atoms with Gasteiger partial charge in [0.05, 0.1) is 0 Å². The lowest BCUT2D eigenvalue weighted by molar-refractivity contribution is 0.339. The van der Waals surface area contributed by atoms with Crippen molar-refractivity contribution in [3.8, 4) is 0 Å². The van der Waals surface area contributed by atoms with Gasteiger partial charge in [0.2, 0.25) is 0 Å². The second kappa shape index (κ2) is 5.33. The first kappa shape index (κ1) is 10.7. The molecule has 0 spiro atoms. The minimum absolute atomic E-state index is 0.851. The molecule has 1 aliphatic heterocycles. The van der Waals surface area contributed by atoms with Crippen LogP contribution in [0.1, 0.15) is 18.9 Å². The molecule has 1 saturated heterocycles. The van der Waals surface area contributed by atoms with Crippen molar-refractivity contribution in [3.63, 3.8) is 0 Å². The maximum absolute atomic E-state index is 3.53. The van der Waals surface area contributed by atoms with Crippen LogP contribution in [0.15, 0.2) is 18.5 Å². The van der Waals surface area contributed by atoms with Crippen molar-refractivity contribution in [1.82, 2.24) is 15.2 Å². The van der Waals surface area contributed by atoms with Gasteiger partial charge in [0, 0.05) is 25.5 Å². The van der Waals surface area contributed by atoms with Crippen LogP contribution in [-0.4, -0.2) is 36.1 Å². The molecule has 0 radical (unpaired) electrons. The average Bonchev–Trinajstić information content (AvgIpc) is 2.88. The highest BCUT2D eigenvalue weighted by Gasteiger charge is 2.20. The lowest BCUT2D eigenvalue weighted by atomic mass is 10.1. The first-order chi connectivity index (χ1) is 7.38. The molecule has 0 saturated carbocycles. The van der Waals surface area contributed by atoms with Gasteiger partial charge in [0.1, 0.15) is 0 Å². The minimum atomic E-state index is 0.851. The Balaban J connectivity index is 1.63. The van der Waals surface area contributed by atoms with Crippen LogP contribution in [0.4, 0.5) is 0 Å². The summed E-state index contributed by atoms with van der Waals surface area (Å²) in [7, 11) is 0. The van der Waals surface area contributed by atoms with E-state index < -0.39 is 0 Å². The Labute approximate surface area is 91.9 Å². The van der Waals surface area contributed by atoms with Crippen molar-refractivity contribution in [3.05, 3.63) is 24.0 Å². The molecule has 1 unspecified atom stereocenters. The molecule has 0 bridgehead atoms. The van der Waals surface area contributed by atoms with E-state index in [4.69, 9.17) is 0 Å². The monoisotopic (exact) mass is 207 g/mol. The maximum Gasteiger partial charge on any atom is 0.0220 e. The van der Waals surface area contributed by atoms with Crippen LogP contribution in [0.2, 0.25) is 0 Å². The fourth-order valence-electron chi connectivity index (χ4n) is 2.26. The number of hydrogen-bond acceptors (Lipinski definition) is 2. The highest BCUT2D eigenvalue weighted by molar-refractivity contribution is 5.07. The quantitative estimate of drug-likeness (QED) is 0.765. The normalized spacial score (nSPS) is 22.3. The van der Waals surface area contributed by atoms with Gasteiger partial charge in [-0.25, -0.2) is 0 Å². The second-order valence-corrected chi connectivity index (χ2v) is 4.40. The molecule has 1 aliphatic rings. The fraction of sp³-hybridized carbons (Fsp3) is 0.667. The topological polar surface area (TPSA) is 31.1 Å². The Kier molecular flexibility index (Phi) is 3.80. The molecule has 0 aliphatic carbocycles. The van der Waals surface area contributed by atoms with Crippen LogP contribution in [0, 0.1) is 5.92 Å². The van der Waals surface area contributed by atoms with Crippen LogP contribution >= 0.6 is 0 Å². The highest BCUT2D eigenvalue weighted by Crippen LogP contribution is 2.14. The summed E-state index contributed by atoms with van der Waals surface area (Å²) in [5.41, 5.74) is 1.35. The first-order valence-corrected chi connectivity index (χ1v) is 5.93. The van der Waals surface area contributed by atoms with E-state index in [0.717, 1.165) is 19.0 Å². The highest BCUT2D eigenvalue weighted by atomic mass is 15.1. The summed E-state index contributed by atoms with van der Waals surface area (Å²) in [5.74, 6) is 0.851. The zero-order chi connectivity index (χ0) is 10.5. The zero-order valence-corrected chi connectivity index (χ0v) is 9.50. The predicted molar refractivity (Wildman–Crippen MR) is 62.7 cm³/mol. The third-order valence-electron chi connectivity index (χ3n) is 3.24. The van der Waals surface area contributed by atoms with E-state index in [2.05, 4.69) is 34.4 Å². The molecule has 15 heavy (non-hydrogen) atoms. The Morgan fingerprint density at radius 1 is 1.60 bits per heavy atom. The van der Waals surface area contributed by atoms with E-state index in [9.17, 15) is 0 Å². The standard InChI is InChI=1S/C12H21N3/c1-2-15-6-4-12(10-15)9-14-8-11-3-5-13-7-11/h3,5,7,12-14H,2,4,6,8-10H2,1H3. The van der Waals surface area contributed by atoms with E-state index in [1.807, 2.05) is 6.20 Å². The molecule has 2 N–H and O–H groups in total. The van der Waals surface area contributed by atoms with Crippen LogP contribution < -0.4 is 5.32 Å². The molecule has 1 atom stereocenters. The third kappa shape index (κ3) is 3.08. The van der Waals surface area contributed by atoms with E-state index in [0.29, 0.717) is 0 Å². The third-order valence-corrected chi connectivity index (χ3v) is 3.24. The van der Waals surface area contributed by atoms with Crippen LogP contribution in [0.25, 0.3) is 0 Å². The van der Waals surface area contributed by atoms with Crippen molar-refractivity contribution in [2.75, 3.05) is 26.2 Å². The van der Waals surface area contributed by atoms with Crippen LogP contribution in [0.5, 0.6) is 0 Å². The molecule has 2 heterocycles. The number of likely N-dealkylation sites (tertiary alicyclic amines) is 1. The van der Waals surface area contributed by atoms with Gasteiger partial charge in [-0.1, -0.05) is 6.92 Å². The Hall–Kier alpha value is -0.800. The molecule has 2 rings (SSSR count). The molecule has 1 aromatic heterocycles. The van der Waals surface area contributed by atoms with Gasteiger partial charge in [-0.15, -0.1) is 0 Å². The summed E-state index contributed by atoms with van der Waals surface area (Å²) < 4.78 is 0. The van der Waals surface area contributed by atoms with Gasteiger partial charge in [-0.05, 0) is 43.6 Å². The Morgan fingerprint density at radius 2 is 2.53 bits per heavy atom. The first-order valence-electron chi connectivity index (χ1n) is 5.93. The minimum Gasteiger partial charge on any atom is -0.367 e. The SMILES string of the molecule is CCN1CCC(CNCc2cc[nH]c2)C1. The second-order valence-electron chi connectivity index (χ2n) is 4.40. The van der Waals surface area contributed by atoms with Crippen molar-refractivity contribution in [1.29, 1.82) is 0 Å².